The molecule has 0 aliphatic rings. The third-order valence-electron chi connectivity index (χ3n) is 5.28. The van der Waals surface area contributed by atoms with E-state index in [1.54, 1.807) is 0 Å². The number of aromatic nitrogens is 1. The van der Waals surface area contributed by atoms with E-state index in [2.05, 4.69) is 120 Å². The van der Waals surface area contributed by atoms with Gasteiger partial charge < -0.3 is 4.57 Å². The molecule has 0 saturated heterocycles. The first-order chi connectivity index (χ1) is 13.9. The van der Waals surface area contributed by atoms with Gasteiger partial charge in [0.2, 0.25) is 0 Å². The minimum Gasteiger partial charge on any atom is -0.336 e. The topological polar surface area (TPSA) is 4.93 Å². The maximum Gasteiger partial charge on any atom is 0.0494 e. The number of hydrogen-bond donors (Lipinski definition) is 0. The van der Waals surface area contributed by atoms with E-state index in [-0.39, 0.29) is 0 Å². The van der Waals surface area contributed by atoms with Gasteiger partial charge in [-0.2, -0.15) is 0 Å². The van der Waals surface area contributed by atoms with Crippen molar-refractivity contribution in [2.75, 3.05) is 0 Å². The van der Waals surface area contributed by atoms with Crippen LogP contribution < -0.4 is 0 Å². The average molecular weight is 359 g/mol. The number of benzene rings is 4. The van der Waals surface area contributed by atoms with Crippen LogP contribution in [0.25, 0.3) is 33.3 Å². The second-order valence-corrected chi connectivity index (χ2v) is 7.10. The van der Waals surface area contributed by atoms with E-state index in [4.69, 9.17) is 0 Å². The third-order valence-corrected chi connectivity index (χ3v) is 5.28. The summed E-state index contributed by atoms with van der Waals surface area (Å²) >= 11 is 0. The maximum atomic E-state index is 2.42. The lowest BCUT2D eigenvalue weighted by molar-refractivity contribution is 0.845. The van der Waals surface area contributed by atoms with Gasteiger partial charge in [0.15, 0.2) is 0 Å². The van der Waals surface area contributed by atoms with Crippen molar-refractivity contribution in [3.63, 3.8) is 0 Å². The maximum absolute atomic E-state index is 2.42. The fourth-order valence-electron chi connectivity index (χ4n) is 3.85. The van der Waals surface area contributed by atoms with Crippen LogP contribution in [-0.2, 0) is 6.54 Å². The molecule has 1 nitrogen and oxygen atoms in total. The molecular weight excluding hydrogens is 338 g/mol. The van der Waals surface area contributed by atoms with Crippen molar-refractivity contribution < 1.29 is 0 Å². The van der Waals surface area contributed by atoms with Gasteiger partial charge in [-0.1, -0.05) is 103 Å². The van der Waals surface area contributed by atoms with Crippen LogP contribution in [0.5, 0.6) is 0 Å². The van der Waals surface area contributed by atoms with Gasteiger partial charge in [0.05, 0.1) is 0 Å². The number of nitrogens with zero attached hydrogens (tertiary/aromatic N) is 1. The highest BCUT2D eigenvalue weighted by Crippen LogP contribution is 2.31. The van der Waals surface area contributed by atoms with E-state index in [1.165, 1.54) is 38.9 Å². The minimum absolute atomic E-state index is 0.865. The number of para-hydroxylation sites is 1. The van der Waals surface area contributed by atoms with Gasteiger partial charge in [-0.15, -0.1) is 0 Å². The Morgan fingerprint density at radius 2 is 1.07 bits per heavy atom. The van der Waals surface area contributed by atoms with E-state index in [9.17, 15) is 0 Å². The van der Waals surface area contributed by atoms with E-state index in [0.717, 1.165) is 6.54 Å². The SMILES string of the molecule is c1ccc(Cn2c(-c3ccc(-c4ccccc4)cc3)cc3ccccc32)cc1. The van der Waals surface area contributed by atoms with E-state index >= 15 is 0 Å². The lowest BCUT2D eigenvalue weighted by Crippen LogP contribution is -2.01. The van der Waals surface area contributed by atoms with Crippen LogP contribution in [-0.4, -0.2) is 4.57 Å². The monoisotopic (exact) mass is 359 g/mol. The second kappa shape index (κ2) is 7.21. The van der Waals surface area contributed by atoms with Crippen molar-refractivity contribution in [2.24, 2.45) is 0 Å². The molecule has 0 bridgehead atoms. The Hall–Kier alpha value is -3.58. The van der Waals surface area contributed by atoms with Gasteiger partial charge in [-0.05, 0) is 34.4 Å². The standard InChI is InChI=1S/C27H21N/c1-3-9-21(10-4-1)20-28-26-14-8-7-13-25(26)19-27(28)24-17-15-23(16-18-24)22-11-5-2-6-12-22/h1-19H,20H2. The second-order valence-electron chi connectivity index (χ2n) is 7.10. The van der Waals surface area contributed by atoms with E-state index in [1.807, 2.05) is 0 Å². The molecule has 4 aromatic carbocycles. The molecule has 0 saturated carbocycles. The first-order valence-corrected chi connectivity index (χ1v) is 9.66. The highest BCUT2D eigenvalue weighted by molar-refractivity contribution is 5.87. The summed E-state index contributed by atoms with van der Waals surface area (Å²) in [5, 5.41) is 1.28. The lowest BCUT2D eigenvalue weighted by Gasteiger charge is -2.12. The van der Waals surface area contributed by atoms with Crippen LogP contribution in [0.15, 0.2) is 115 Å². The zero-order chi connectivity index (χ0) is 18.8. The van der Waals surface area contributed by atoms with Gasteiger partial charge >= 0.3 is 0 Å². The molecule has 0 atom stereocenters. The predicted molar refractivity (Wildman–Crippen MR) is 118 cm³/mol. The number of hydrogen-bond acceptors (Lipinski definition) is 0. The molecule has 0 radical (unpaired) electrons. The highest BCUT2D eigenvalue weighted by atomic mass is 15.0. The predicted octanol–water partition coefficient (Wildman–Crippen LogP) is 7.02. The van der Waals surface area contributed by atoms with Crippen molar-refractivity contribution in [1.82, 2.24) is 4.57 Å². The van der Waals surface area contributed by atoms with Crippen LogP contribution in [0.4, 0.5) is 0 Å². The molecule has 0 fully saturated rings. The first-order valence-electron chi connectivity index (χ1n) is 9.66. The Morgan fingerprint density at radius 3 is 1.82 bits per heavy atom. The molecular formula is C27H21N. The average Bonchev–Trinajstić information content (AvgIpc) is 3.14. The molecule has 1 aromatic heterocycles. The van der Waals surface area contributed by atoms with Crippen molar-refractivity contribution >= 4 is 10.9 Å². The Balaban J connectivity index is 1.59. The molecule has 0 unspecified atom stereocenters. The number of fused-ring (bicyclic) bond motifs is 1. The summed E-state index contributed by atoms with van der Waals surface area (Å²) in [6.07, 6.45) is 0. The van der Waals surface area contributed by atoms with Crippen molar-refractivity contribution in [3.8, 4) is 22.4 Å². The molecule has 0 amide bonds. The molecule has 0 aliphatic heterocycles. The Morgan fingerprint density at radius 1 is 0.500 bits per heavy atom. The zero-order valence-electron chi connectivity index (χ0n) is 15.6. The van der Waals surface area contributed by atoms with Gasteiger partial charge in [0.25, 0.3) is 0 Å². The molecule has 0 N–H and O–H groups in total. The highest BCUT2D eigenvalue weighted by Gasteiger charge is 2.11. The molecule has 134 valence electrons. The first kappa shape index (κ1) is 16.6. The molecule has 1 heterocycles. The van der Waals surface area contributed by atoms with Crippen LogP contribution in [0.3, 0.4) is 0 Å². The molecule has 0 spiro atoms. The largest absolute Gasteiger partial charge is 0.336 e. The summed E-state index contributed by atoms with van der Waals surface area (Å²) in [6, 6.07) is 41.0. The summed E-state index contributed by atoms with van der Waals surface area (Å²) < 4.78 is 2.42. The lowest BCUT2D eigenvalue weighted by atomic mass is 10.0. The fourth-order valence-corrected chi connectivity index (χ4v) is 3.85. The Kier molecular flexibility index (Phi) is 4.27. The summed E-state index contributed by atoms with van der Waals surface area (Å²) in [6.45, 7) is 0.865. The normalized spacial score (nSPS) is 11.0. The van der Waals surface area contributed by atoms with Crippen molar-refractivity contribution in [2.45, 2.75) is 6.54 Å². The van der Waals surface area contributed by atoms with Crippen LogP contribution >= 0.6 is 0 Å². The van der Waals surface area contributed by atoms with Crippen LogP contribution in [0.1, 0.15) is 5.56 Å². The molecule has 5 aromatic rings. The Labute approximate surface area is 165 Å². The molecule has 28 heavy (non-hydrogen) atoms. The van der Waals surface area contributed by atoms with Gasteiger partial charge in [0.1, 0.15) is 0 Å². The van der Waals surface area contributed by atoms with E-state index < -0.39 is 0 Å². The molecule has 5 rings (SSSR count). The van der Waals surface area contributed by atoms with Gasteiger partial charge in [0, 0.05) is 23.1 Å². The summed E-state index contributed by atoms with van der Waals surface area (Å²) in [5.74, 6) is 0. The van der Waals surface area contributed by atoms with Gasteiger partial charge in [-0.3, -0.25) is 0 Å². The van der Waals surface area contributed by atoms with Crippen molar-refractivity contribution in [1.29, 1.82) is 0 Å². The molecule has 0 aliphatic carbocycles. The van der Waals surface area contributed by atoms with Crippen LogP contribution in [0.2, 0.25) is 0 Å². The minimum atomic E-state index is 0.865. The zero-order valence-corrected chi connectivity index (χ0v) is 15.6. The van der Waals surface area contributed by atoms with Gasteiger partial charge in [-0.25, -0.2) is 0 Å². The van der Waals surface area contributed by atoms with E-state index in [0.29, 0.717) is 0 Å². The third kappa shape index (κ3) is 3.12. The Bertz CT molecular complexity index is 1200. The quantitative estimate of drug-likeness (QED) is 0.325. The van der Waals surface area contributed by atoms with Crippen molar-refractivity contribution in [3.05, 3.63) is 121 Å². The fraction of sp³-hybridized carbons (Fsp3) is 0.0370. The number of rotatable bonds is 4. The summed E-state index contributed by atoms with van der Waals surface area (Å²) in [4.78, 5) is 0. The smallest absolute Gasteiger partial charge is 0.0494 e. The molecule has 1 heteroatoms. The summed E-state index contributed by atoms with van der Waals surface area (Å²) in [7, 11) is 0. The van der Waals surface area contributed by atoms with Crippen LogP contribution in [0, 0.1) is 0 Å². The summed E-state index contributed by atoms with van der Waals surface area (Å²) in [5.41, 5.74) is 7.57.